The Bertz CT molecular complexity index is 97.8. The predicted octanol–water partition coefficient (Wildman–Crippen LogP) is 0.0786. The number of aliphatic hydroxyl groups excluding tert-OH is 1. The highest BCUT2D eigenvalue weighted by Crippen LogP contribution is 2.18. The summed E-state index contributed by atoms with van der Waals surface area (Å²) < 4.78 is 5.28. The molecule has 3 atom stereocenters. The fraction of sp³-hybridized carbons (Fsp3) is 1.00. The molecule has 3 heteroatoms. The van der Waals surface area contributed by atoms with E-state index in [4.69, 9.17) is 15.6 Å². The van der Waals surface area contributed by atoms with Crippen LogP contribution in [0.3, 0.4) is 0 Å². The lowest BCUT2D eigenvalue weighted by molar-refractivity contribution is -0.0756. The van der Waals surface area contributed by atoms with E-state index in [1.807, 2.05) is 0 Å². The molecule has 1 aliphatic heterocycles. The molecule has 0 radical (unpaired) electrons. The smallest absolute Gasteiger partial charge is 0.128 e. The van der Waals surface area contributed by atoms with Crippen LogP contribution < -0.4 is 5.73 Å². The van der Waals surface area contributed by atoms with Crippen LogP contribution >= 0.6 is 0 Å². The highest BCUT2D eigenvalue weighted by molar-refractivity contribution is 4.70. The Morgan fingerprint density at radius 1 is 1.60 bits per heavy atom. The zero-order chi connectivity index (χ0) is 7.56. The molecule has 2 unspecified atom stereocenters. The summed E-state index contributed by atoms with van der Waals surface area (Å²) in [6, 6.07) is 0. The maximum absolute atomic E-state index is 8.92. The van der Waals surface area contributed by atoms with Gasteiger partial charge in [0.15, 0.2) is 0 Å². The maximum atomic E-state index is 8.92. The van der Waals surface area contributed by atoms with Crippen LogP contribution in [-0.2, 0) is 4.74 Å². The fourth-order valence-corrected chi connectivity index (χ4v) is 1.17. The van der Waals surface area contributed by atoms with Crippen molar-refractivity contribution < 1.29 is 9.84 Å². The van der Waals surface area contributed by atoms with E-state index in [1.54, 1.807) is 0 Å². The lowest BCUT2D eigenvalue weighted by atomic mass is 10.00. The number of aliphatic hydroxyl groups is 1. The van der Waals surface area contributed by atoms with Crippen molar-refractivity contribution in [2.75, 3.05) is 6.61 Å². The molecular weight excluding hydrogens is 130 g/mol. The normalized spacial score (nSPS) is 37.5. The van der Waals surface area contributed by atoms with Crippen LogP contribution in [0.25, 0.3) is 0 Å². The molecular formula is C7H15NO2. The second-order valence-corrected chi connectivity index (χ2v) is 3.04. The first-order valence-corrected chi connectivity index (χ1v) is 3.75. The summed E-state index contributed by atoms with van der Waals surface area (Å²) in [6.07, 6.45) is 1.07. The van der Waals surface area contributed by atoms with E-state index >= 15 is 0 Å². The summed E-state index contributed by atoms with van der Waals surface area (Å²) in [4.78, 5) is 0. The summed E-state index contributed by atoms with van der Waals surface area (Å²) in [5.74, 6) is 0.620. The van der Waals surface area contributed by atoms with Gasteiger partial charge in [0, 0.05) is 6.61 Å². The van der Waals surface area contributed by atoms with Crippen LogP contribution in [0.15, 0.2) is 0 Å². The van der Waals surface area contributed by atoms with Crippen molar-refractivity contribution in [2.45, 2.75) is 32.1 Å². The molecule has 0 aromatic rings. The minimum absolute atomic E-state index is 0.129. The third-order valence-electron chi connectivity index (χ3n) is 1.92. The largest absolute Gasteiger partial charge is 0.376 e. The topological polar surface area (TPSA) is 55.5 Å². The number of rotatable bonds is 1. The van der Waals surface area contributed by atoms with Crippen LogP contribution in [0.4, 0.5) is 0 Å². The maximum Gasteiger partial charge on any atom is 0.128 e. The van der Waals surface area contributed by atoms with E-state index in [9.17, 15) is 0 Å². The molecule has 1 aliphatic rings. The third-order valence-corrected chi connectivity index (χ3v) is 1.92. The first kappa shape index (κ1) is 7.98. The van der Waals surface area contributed by atoms with Crippen LogP contribution in [-0.4, -0.2) is 24.0 Å². The van der Waals surface area contributed by atoms with Gasteiger partial charge in [0.1, 0.15) is 6.23 Å². The van der Waals surface area contributed by atoms with Gasteiger partial charge in [-0.25, -0.2) is 0 Å². The van der Waals surface area contributed by atoms with E-state index < -0.39 is 6.23 Å². The van der Waals surface area contributed by atoms with Gasteiger partial charge in [-0.3, -0.25) is 0 Å². The Labute approximate surface area is 61.2 Å². The van der Waals surface area contributed by atoms with Crippen LogP contribution in [0.1, 0.15) is 19.8 Å². The summed E-state index contributed by atoms with van der Waals surface area (Å²) in [7, 11) is 0. The van der Waals surface area contributed by atoms with Crippen LogP contribution in [0.2, 0.25) is 0 Å². The summed E-state index contributed by atoms with van der Waals surface area (Å²) in [5, 5.41) is 8.92. The molecule has 1 saturated heterocycles. The van der Waals surface area contributed by atoms with E-state index in [0.717, 1.165) is 19.4 Å². The highest BCUT2D eigenvalue weighted by atomic mass is 16.5. The zero-order valence-electron chi connectivity index (χ0n) is 6.29. The van der Waals surface area contributed by atoms with Crippen molar-refractivity contribution in [3.63, 3.8) is 0 Å². The van der Waals surface area contributed by atoms with Crippen molar-refractivity contribution in [3.05, 3.63) is 0 Å². The molecule has 1 fully saturated rings. The van der Waals surface area contributed by atoms with Crippen molar-refractivity contribution in [1.82, 2.24) is 0 Å². The number of ether oxygens (including phenoxy) is 1. The lowest BCUT2D eigenvalue weighted by Crippen LogP contribution is -2.40. The van der Waals surface area contributed by atoms with Gasteiger partial charge in [0.2, 0.25) is 0 Å². The van der Waals surface area contributed by atoms with Crippen LogP contribution in [0.5, 0.6) is 0 Å². The summed E-state index contributed by atoms with van der Waals surface area (Å²) in [6.45, 7) is 2.87. The average Bonchev–Trinajstić information content (AvgIpc) is 1.88. The first-order valence-electron chi connectivity index (χ1n) is 3.75. The Morgan fingerprint density at radius 2 is 2.30 bits per heavy atom. The molecule has 1 rings (SSSR count). The van der Waals surface area contributed by atoms with E-state index in [0.29, 0.717) is 5.92 Å². The van der Waals surface area contributed by atoms with Crippen molar-refractivity contribution in [2.24, 2.45) is 11.7 Å². The Hall–Kier alpha value is -0.120. The van der Waals surface area contributed by atoms with E-state index in [-0.39, 0.29) is 6.10 Å². The van der Waals surface area contributed by atoms with Crippen molar-refractivity contribution >= 4 is 0 Å². The molecule has 0 saturated carbocycles. The molecule has 0 amide bonds. The zero-order valence-corrected chi connectivity index (χ0v) is 6.29. The molecule has 3 nitrogen and oxygen atoms in total. The average molecular weight is 145 g/mol. The van der Waals surface area contributed by atoms with Gasteiger partial charge < -0.3 is 15.6 Å². The van der Waals surface area contributed by atoms with Gasteiger partial charge in [0.25, 0.3) is 0 Å². The van der Waals surface area contributed by atoms with Gasteiger partial charge in [-0.1, -0.05) is 6.92 Å². The summed E-state index contributed by atoms with van der Waals surface area (Å²) >= 11 is 0. The van der Waals surface area contributed by atoms with Gasteiger partial charge in [-0.05, 0) is 18.8 Å². The molecule has 3 N–H and O–H groups in total. The fourth-order valence-electron chi connectivity index (χ4n) is 1.17. The Balaban J connectivity index is 2.26. The molecule has 0 aromatic heterocycles. The van der Waals surface area contributed by atoms with Crippen LogP contribution in [0, 0.1) is 5.92 Å². The second-order valence-electron chi connectivity index (χ2n) is 3.04. The Kier molecular flexibility index (Phi) is 2.65. The first-order chi connectivity index (χ1) is 4.70. The lowest BCUT2D eigenvalue weighted by Gasteiger charge is -2.28. The molecule has 0 bridgehead atoms. The molecule has 1 heterocycles. The number of hydrogen-bond acceptors (Lipinski definition) is 3. The molecule has 60 valence electrons. The van der Waals surface area contributed by atoms with Crippen molar-refractivity contribution in [3.8, 4) is 0 Å². The van der Waals surface area contributed by atoms with Gasteiger partial charge in [-0.2, -0.15) is 0 Å². The summed E-state index contributed by atoms with van der Waals surface area (Å²) in [5.41, 5.74) is 5.24. The molecule has 10 heavy (non-hydrogen) atoms. The minimum atomic E-state index is -0.799. The number of nitrogens with two attached hydrogens (primary N) is 1. The van der Waals surface area contributed by atoms with Gasteiger partial charge in [0.05, 0.1) is 6.10 Å². The standard InChI is InChI=1S/C7H15NO2/c1-5-2-3-6(7(8)9)10-4-5/h5-7,9H,2-4,8H2,1H3/t5?,6-,7?/m0/s1. The number of hydrogen-bond donors (Lipinski definition) is 2. The molecule has 0 aromatic carbocycles. The third kappa shape index (κ3) is 1.94. The van der Waals surface area contributed by atoms with E-state index in [2.05, 4.69) is 6.92 Å². The molecule has 0 aliphatic carbocycles. The minimum Gasteiger partial charge on any atom is -0.376 e. The predicted molar refractivity (Wildman–Crippen MR) is 38.3 cm³/mol. The van der Waals surface area contributed by atoms with Gasteiger partial charge >= 0.3 is 0 Å². The van der Waals surface area contributed by atoms with Gasteiger partial charge in [-0.15, -0.1) is 0 Å². The highest BCUT2D eigenvalue weighted by Gasteiger charge is 2.22. The van der Waals surface area contributed by atoms with Crippen molar-refractivity contribution in [1.29, 1.82) is 0 Å². The monoisotopic (exact) mass is 145 g/mol. The van der Waals surface area contributed by atoms with E-state index in [1.165, 1.54) is 0 Å². The SMILES string of the molecule is CC1CC[C@@H](C(N)O)OC1. The second kappa shape index (κ2) is 3.32. The quantitative estimate of drug-likeness (QED) is 0.514. The molecule has 0 spiro atoms. The Morgan fingerprint density at radius 3 is 2.70 bits per heavy atom.